The molecule has 1 aliphatic heterocycles. The number of benzene rings is 1. The zero-order valence-electron chi connectivity index (χ0n) is 21.0. The minimum Gasteiger partial charge on any atom is -0.487 e. The monoisotopic (exact) mass is 442 g/mol. The number of hydrogen-bond acceptors (Lipinski definition) is 4. The Morgan fingerprint density at radius 1 is 1.12 bits per heavy atom. The fourth-order valence-electron chi connectivity index (χ4n) is 5.87. The second-order valence-electron chi connectivity index (χ2n) is 10.8. The van der Waals surface area contributed by atoms with E-state index in [9.17, 15) is 9.59 Å². The Kier molecular flexibility index (Phi) is 7.73. The van der Waals surface area contributed by atoms with Crippen molar-refractivity contribution in [3.63, 3.8) is 0 Å². The van der Waals surface area contributed by atoms with E-state index in [1.165, 1.54) is 19.3 Å². The Morgan fingerprint density at radius 3 is 2.53 bits per heavy atom. The first-order valence-corrected chi connectivity index (χ1v) is 12.7. The van der Waals surface area contributed by atoms with Crippen LogP contribution in [-0.4, -0.2) is 24.0 Å². The topological polar surface area (TPSA) is 52.6 Å². The quantitative estimate of drug-likeness (QED) is 0.317. The van der Waals surface area contributed by atoms with Crippen LogP contribution >= 0.6 is 0 Å². The number of ketones is 1. The molecular weight excluding hydrogens is 400 g/mol. The highest BCUT2D eigenvalue weighted by Gasteiger charge is 2.47. The molecule has 0 saturated heterocycles. The molecule has 1 aliphatic carbocycles. The Labute approximate surface area is 194 Å². The van der Waals surface area contributed by atoms with Crippen LogP contribution < -0.4 is 4.74 Å². The summed E-state index contributed by atoms with van der Waals surface area (Å²) in [6, 6.07) is 4.15. The van der Waals surface area contributed by atoms with Gasteiger partial charge in [-0.25, -0.2) is 4.79 Å². The Morgan fingerprint density at radius 2 is 1.84 bits per heavy atom. The molecule has 2 aliphatic rings. The predicted octanol–water partition coefficient (Wildman–Crippen LogP) is 7.13. The van der Waals surface area contributed by atoms with E-state index in [1.807, 2.05) is 6.92 Å². The molecule has 4 nitrogen and oxygen atoms in total. The molecule has 0 aromatic heterocycles. The zero-order valence-corrected chi connectivity index (χ0v) is 21.0. The molecule has 1 aromatic rings. The molecule has 32 heavy (non-hydrogen) atoms. The van der Waals surface area contributed by atoms with Gasteiger partial charge in [0.05, 0.1) is 12.2 Å². The number of rotatable bonds is 8. The van der Waals surface area contributed by atoms with Crippen LogP contribution in [0.4, 0.5) is 0 Å². The minimum absolute atomic E-state index is 0.135. The number of carbonyl (C=O) groups is 2. The number of carbonyl (C=O) groups excluding carboxylic acids is 2. The number of unbranched alkanes of at least 4 members (excludes halogenated alkanes) is 3. The molecule has 0 N–H and O–H groups in total. The summed E-state index contributed by atoms with van der Waals surface area (Å²) in [7, 11) is 0. The molecule has 1 heterocycles. The van der Waals surface area contributed by atoms with Gasteiger partial charge < -0.3 is 9.47 Å². The van der Waals surface area contributed by atoms with Crippen molar-refractivity contribution in [3.05, 3.63) is 28.8 Å². The van der Waals surface area contributed by atoms with E-state index in [0.717, 1.165) is 42.6 Å². The summed E-state index contributed by atoms with van der Waals surface area (Å²) in [6.45, 7) is 13.2. The average Bonchev–Trinajstić information content (AvgIpc) is 2.93. The van der Waals surface area contributed by atoms with E-state index in [4.69, 9.17) is 9.47 Å². The first kappa shape index (κ1) is 24.8. The van der Waals surface area contributed by atoms with E-state index in [2.05, 4.69) is 46.8 Å². The highest BCUT2D eigenvalue weighted by molar-refractivity contribution is 5.94. The summed E-state index contributed by atoms with van der Waals surface area (Å²) in [5, 5.41) is 0. The largest absolute Gasteiger partial charge is 0.487 e. The first-order chi connectivity index (χ1) is 15.1. The predicted molar refractivity (Wildman–Crippen MR) is 129 cm³/mol. The van der Waals surface area contributed by atoms with Crippen LogP contribution in [0.25, 0.3) is 0 Å². The van der Waals surface area contributed by atoms with Crippen molar-refractivity contribution in [1.29, 1.82) is 0 Å². The fourth-order valence-corrected chi connectivity index (χ4v) is 5.87. The number of ether oxygens (including phenoxy) is 2. The summed E-state index contributed by atoms with van der Waals surface area (Å²) in [5.74, 6) is 1.20. The van der Waals surface area contributed by atoms with Crippen LogP contribution in [0.5, 0.6) is 5.75 Å². The van der Waals surface area contributed by atoms with Gasteiger partial charge in [0.1, 0.15) is 17.1 Å². The van der Waals surface area contributed by atoms with Crippen molar-refractivity contribution in [2.45, 2.75) is 116 Å². The number of hydrogen-bond donors (Lipinski definition) is 0. The van der Waals surface area contributed by atoms with Gasteiger partial charge in [-0.15, -0.1) is 0 Å². The van der Waals surface area contributed by atoms with Crippen LogP contribution in [0.2, 0.25) is 0 Å². The summed E-state index contributed by atoms with van der Waals surface area (Å²) >= 11 is 0. The van der Waals surface area contributed by atoms with Crippen molar-refractivity contribution in [2.24, 2.45) is 5.92 Å². The maximum absolute atomic E-state index is 13.4. The van der Waals surface area contributed by atoms with E-state index in [1.54, 1.807) is 0 Å². The van der Waals surface area contributed by atoms with Crippen LogP contribution in [0, 0.1) is 5.92 Å². The molecular formula is C28H42O4. The average molecular weight is 443 g/mol. The van der Waals surface area contributed by atoms with Crippen molar-refractivity contribution in [1.82, 2.24) is 0 Å². The third-order valence-electron chi connectivity index (χ3n) is 7.66. The third kappa shape index (κ3) is 5.05. The van der Waals surface area contributed by atoms with E-state index < -0.39 is 0 Å². The number of Topliss-reactive ketones (excluding diaryl/α,β-unsaturated/α-hetero) is 1. The second kappa shape index (κ2) is 9.97. The molecule has 178 valence electrons. The maximum Gasteiger partial charge on any atom is 0.338 e. The lowest BCUT2D eigenvalue weighted by atomic mass is 9.68. The van der Waals surface area contributed by atoms with E-state index in [-0.39, 0.29) is 28.8 Å². The minimum atomic E-state index is -0.370. The molecule has 1 saturated carbocycles. The van der Waals surface area contributed by atoms with E-state index >= 15 is 0 Å². The van der Waals surface area contributed by atoms with Crippen LogP contribution in [0.15, 0.2) is 12.1 Å². The molecule has 0 bridgehead atoms. The highest BCUT2D eigenvalue weighted by atomic mass is 16.5. The van der Waals surface area contributed by atoms with Gasteiger partial charge >= 0.3 is 5.97 Å². The summed E-state index contributed by atoms with van der Waals surface area (Å²) < 4.78 is 12.1. The maximum atomic E-state index is 13.4. The third-order valence-corrected chi connectivity index (χ3v) is 7.66. The Bertz CT molecular complexity index is 836. The smallest absolute Gasteiger partial charge is 0.338 e. The number of esters is 1. The summed E-state index contributed by atoms with van der Waals surface area (Å²) in [6.07, 6.45) is 8.59. The van der Waals surface area contributed by atoms with Gasteiger partial charge in [0.25, 0.3) is 0 Å². The molecule has 0 radical (unpaired) electrons. The Hall–Kier alpha value is -1.84. The molecule has 2 atom stereocenters. The van der Waals surface area contributed by atoms with Gasteiger partial charge in [-0.3, -0.25) is 4.79 Å². The standard InChI is InChI=1S/C28H42O4/c1-7-9-10-11-18-27(3,4)22-16-17-23-24(25(22)26(30)31-8-2)20-14-12-19(29)13-15-21(20)28(5,6)32-23/h16-17,20-21H,7-15,18H2,1-6H3. The SMILES string of the molecule is CCCCCCC(C)(C)c1ccc2c(c1C(=O)OCC)C1CCC(=O)CCC1C(C)(C)O2. The first-order valence-electron chi connectivity index (χ1n) is 12.7. The van der Waals surface area contributed by atoms with Crippen LogP contribution in [0.3, 0.4) is 0 Å². The lowest BCUT2D eigenvalue weighted by Gasteiger charge is -2.46. The highest BCUT2D eigenvalue weighted by Crippen LogP contribution is 2.53. The molecule has 1 aromatic carbocycles. The lowest BCUT2D eigenvalue weighted by molar-refractivity contribution is -0.119. The van der Waals surface area contributed by atoms with Crippen LogP contribution in [-0.2, 0) is 14.9 Å². The van der Waals surface area contributed by atoms with E-state index in [0.29, 0.717) is 30.8 Å². The van der Waals surface area contributed by atoms with Crippen molar-refractivity contribution in [3.8, 4) is 5.75 Å². The van der Waals surface area contributed by atoms with Gasteiger partial charge in [0, 0.05) is 24.3 Å². The summed E-state index contributed by atoms with van der Waals surface area (Å²) in [4.78, 5) is 25.7. The Balaban J connectivity index is 2.12. The molecule has 3 rings (SSSR count). The van der Waals surface area contributed by atoms with Crippen molar-refractivity contribution in [2.75, 3.05) is 6.61 Å². The van der Waals surface area contributed by atoms with Gasteiger partial charge in [0.2, 0.25) is 0 Å². The normalized spacial score (nSPS) is 22.4. The van der Waals surface area contributed by atoms with Crippen LogP contribution in [0.1, 0.15) is 127 Å². The van der Waals surface area contributed by atoms with Crippen molar-refractivity contribution < 1.29 is 19.1 Å². The number of fused-ring (bicyclic) bond motifs is 3. The van der Waals surface area contributed by atoms with Gasteiger partial charge in [-0.1, -0.05) is 52.5 Å². The second-order valence-corrected chi connectivity index (χ2v) is 10.8. The zero-order chi connectivity index (χ0) is 23.5. The van der Waals surface area contributed by atoms with Crippen molar-refractivity contribution >= 4 is 11.8 Å². The molecule has 0 amide bonds. The fraction of sp³-hybridized carbons (Fsp3) is 0.714. The molecule has 4 heteroatoms. The lowest BCUT2D eigenvalue weighted by Crippen LogP contribution is -2.45. The van der Waals surface area contributed by atoms with Gasteiger partial charge in [-0.2, -0.15) is 0 Å². The molecule has 0 spiro atoms. The molecule has 2 unspecified atom stereocenters. The van der Waals surface area contributed by atoms with Gasteiger partial charge in [0.15, 0.2) is 0 Å². The molecule has 1 fully saturated rings. The van der Waals surface area contributed by atoms with Gasteiger partial charge in [-0.05, 0) is 63.0 Å². The summed E-state index contributed by atoms with van der Waals surface area (Å²) in [5.41, 5.74) is 2.23.